The molecule has 4 rings (SSSR count). The average Bonchev–Trinajstić information content (AvgIpc) is 3.07. The number of rotatable bonds is 3. The van der Waals surface area contributed by atoms with Crippen LogP contribution in [0.1, 0.15) is 18.5 Å². The first kappa shape index (κ1) is 20.5. The second-order valence-electron chi connectivity index (χ2n) is 6.37. The van der Waals surface area contributed by atoms with E-state index in [1.165, 1.54) is 16.6 Å². The minimum atomic E-state index is 0. The topological polar surface area (TPSA) is 54.0 Å². The molecular weight excluding hydrogens is 371 g/mol. The molecule has 5 nitrogen and oxygen atoms in total. The van der Waals surface area contributed by atoms with Gasteiger partial charge in [0, 0.05) is 49.2 Å². The van der Waals surface area contributed by atoms with Crippen molar-refractivity contribution in [1.82, 2.24) is 15.2 Å². The summed E-state index contributed by atoms with van der Waals surface area (Å²) in [6, 6.07) is 8.58. The van der Waals surface area contributed by atoms with Crippen LogP contribution < -0.4 is 4.90 Å². The minimum Gasteiger partial charge on any atom is -0.381 e. The molecule has 1 saturated heterocycles. The van der Waals surface area contributed by atoms with Crippen molar-refractivity contribution in [3.05, 3.63) is 42.4 Å². The third-order valence-corrected chi connectivity index (χ3v) is 4.98. The second kappa shape index (κ2) is 8.71. The summed E-state index contributed by atoms with van der Waals surface area (Å²) in [4.78, 5) is 6.99. The summed E-state index contributed by atoms with van der Waals surface area (Å²) in [7, 11) is 1.81. The van der Waals surface area contributed by atoms with Crippen LogP contribution in [0.3, 0.4) is 0 Å². The number of benzene rings is 1. The Bertz CT molecular complexity index is 860. The van der Waals surface area contributed by atoms with Crippen molar-refractivity contribution < 1.29 is 4.74 Å². The van der Waals surface area contributed by atoms with Crippen molar-refractivity contribution in [2.75, 3.05) is 25.1 Å². The van der Waals surface area contributed by atoms with Crippen LogP contribution in [-0.4, -0.2) is 41.5 Å². The number of ether oxygens (including phenoxy) is 1. The zero-order valence-electron chi connectivity index (χ0n) is 14.9. The zero-order chi connectivity index (χ0) is 16.5. The van der Waals surface area contributed by atoms with Crippen molar-refractivity contribution in [3.8, 4) is 11.1 Å². The normalized spacial score (nSPS) is 14.8. The first-order valence-corrected chi connectivity index (χ1v) is 8.43. The highest BCUT2D eigenvalue weighted by Gasteiger charge is 2.20. The van der Waals surface area contributed by atoms with Crippen LogP contribution in [0, 0.1) is 6.92 Å². The van der Waals surface area contributed by atoms with Crippen molar-refractivity contribution in [3.63, 3.8) is 0 Å². The Morgan fingerprint density at radius 2 is 1.92 bits per heavy atom. The van der Waals surface area contributed by atoms with Crippen LogP contribution in [0.25, 0.3) is 22.0 Å². The molecule has 26 heavy (non-hydrogen) atoms. The van der Waals surface area contributed by atoms with Crippen LogP contribution in [-0.2, 0) is 4.74 Å². The molecule has 3 heterocycles. The quantitative estimate of drug-likeness (QED) is 0.715. The summed E-state index contributed by atoms with van der Waals surface area (Å²) in [5, 5.41) is 8.38. The number of hydrogen-bond acceptors (Lipinski definition) is 4. The van der Waals surface area contributed by atoms with E-state index in [-0.39, 0.29) is 24.8 Å². The third-order valence-electron chi connectivity index (χ3n) is 4.98. The lowest BCUT2D eigenvalue weighted by molar-refractivity contribution is 0.0819. The standard InChI is InChI=1S/C19H22N4O.2ClH/c1-13-17(12-21-22-13)14-3-4-18-16(11-14)19(5-8-20-18)23-9-6-15(24-2)7-10-23;;/h3-5,8,11-12,15H,6-7,9-10H2,1-2H3,(H,21,22);2*1H. The molecule has 3 aromatic rings. The molecule has 2 aromatic heterocycles. The number of nitrogens with zero attached hydrogens (tertiary/aromatic N) is 3. The van der Waals surface area contributed by atoms with E-state index in [9.17, 15) is 0 Å². The number of H-pyrrole nitrogens is 1. The molecule has 1 aliphatic rings. The van der Waals surface area contributed by atoms with Gasteiger partial charge in [-0.25, -0.2) is 0 Å². The van der Waals surface area contributed by atoms with Gasteiger partial charge in [-0.2, -0.15) is 5.10 Å². The molecule has 0 atom stereocenters. The Labute approximate surface area is 166 Å². The fraction of sp³-hybridized carbons (Fsp3) is 0.368. The number of aromatic amines is 1. The van der Waals surface area contributed by atoms with E-state index < -0.39 is 0 Å². The highest BCUT2D eigenvalue weighted by molar-refractivity contribution is 5.94. The van der Waals surface area contributed by atoms with E-state index in [2.05, 4.69) is 44.3 Å². The van der Waals surface area contributed by atoms with Gasteiger partial charge >= 0.3 is 0 Å². The molecule has 0 radical (unpaired) electrons. The largest absolute Gasteiger partial charge is 0.381 e. The molecule has 0 saturated carbocycles. The lowest BCUT2D eigenvalue weighted by Crippen LogP contribution is -2.36. The van der Waals surface area contributed by atoms with Gasteiger partial charge in [0.05, 0.1) is 17.3 Å². The number of methoxy groups -OCH3 is 1. The lowest BCUT2D eigenvalue weighted by Gasteiger charge is -2.33. The van der Waals surface area contributed by atoms with E-state index in [0.717, 1.165) is 42.7 Å². The smallest absolute Gasteiger partial charge is 0.0723 e. The molecule has 1 aromatic carbocycles. The highest BCUT2D eigenvalue weighted by Crippen LogP contribution is 2.32. The number of aromatic nitrogens is 3. The van der Waals surface area contributed by atoms with Gasteiger partial charge in [-0.15, -0.1) is 24.8 Å². The summed E-state index contributed by atoms with van der Waals surface area (Å²) in [6.07, 6.45) is 6.39. The molecule has 0 aliphatic carbocycles. The fourth-order valence-electron chi connectivity index (χ4n) is 3.56. The van der Waals surface area contributed by atoms with Gasteiger partial charge in [0.15, 0.2) is 0 Å². The number of piperidine rings is 1. The van der Waals surface area contributed by atoms with Gasteiger partial charge in [0.25, 0.3) is 0 Å². The van der Waals surface area contributed by atoms with E-state index in [1.807, 2.05) is 26.4 Å². The predicted molar refractivity (Wildman–Crippen MR) is 111 cm³/mol. The maximum absolute atomic E-state index is 5.49. The third kappa shape index (κ3) is 3.80. The number of fused-ring (bicyclic) bond motifs is 1. The van der Waals surface area contributed by atoms with Crippen molar-refractivity contribution in [2.45, 2.75) is 25.9 Å². The van der Waals surface area contributed by atoms with Crippen LogP contribution >= 0.6 is 24.8 Å². The minimum absolute atomic E-state index is 0. The summed E-state index contributed by atoms with van der Waals surface area (Å²) in [5.41, 5.74) is 5.63. The lowest BCUT2D eigenvalue weighted by atomic mass is 10.0. The van der Waals surface area contributed by atoms with Crippen LogP contribution in [0.2, 0.25) is 0 Å². The maximum Gasteiger partial charge on any atom is 0.0723 e. The van der Waals surface area contributed by atoms with E-state index in [4.69, 9.17) is 4.74 Å². The second-order valence-corrected chi connectivity index (χ2v) is 6.37. The maximum atomic E-state index is 5.49. The number of nitrogens with one attached hydrogen (secondary N) is 1. The number of pyridine rings is 1. The number of aryl methyl sites for hydroxylation is 1. The van der Waals surface area contributed by atoms with Crippen molar-refractivity contribution in [1.29, 1.82) is 0 Å². The van der Waals surface area contributed by atoms with Crippen LogP contribution in [0.15, 0.2) is 36.7 Å². The molecule has 0 spiro atoms. The van der Waals surface area contributed by atoms with Crippen molar-refractivity contribution >= 4 is 41.4 Å². The molecule has 1 aliphatic heterocycles. The number of halogens is 2. The molecule has 1 N–H and O–H groups in total. The average molecular weight is 395 g/mol. The first-order valence-electron chi connectivity index (χ1n) is 8.43. The van der Waals surface area contributed by atoms with Gasteiger partial charge in [0.1, 0.15) is 0 Å². The summed E-state index contributed by atoms with van der Waals surface area (Å²) in [5.74, 6) is 0. The summed E-state index contributed by atoms with van der Waals surface area (Å²) >= 11 is 0. The molecule has 1 fully saturated rings. The first-order chi connectivity index (χ1) is 11.8. The van der Waals surface area contributed by atoms with Gasteiger partial charge in [-0.3, -0.25) is 10.1 Å². The molecule has 0 amide bonds. The Morgan fingerprint density at radius 3 is 2.58 bits per heavy atom. The molecule has 7 heteroatoms. The number of hydrogen-bond donors (Lipinski definition) is 1. The van der Waals surface area contributed by atoms with E-state index in [0.29, 0.717) is 6.10 Å². The Morgan fingerprint density at radius 1 is 1.15 bits per heavy atom. The Hall–Kier alpha value is -1.82. The summed E-state index contributed by atoms with van der Waals surface area (Å²) in [6.45, 7) is 4.06. The van der Waals surface area contributed by atoms with E-state index >= 15 is 0 Å². The van der Waals surface area contributed by atoms with Crippen molar-refractivity contribution in [2.24, 2.45) is 0 Å². The highest BCUT2D eigenvalue weighted by atomic mass is 35.5. The van der Waals surface area contributed by atoms with E-state index in [1.54, 1.807) is 0 Å². The molecule has 0 bridgehead atoms. The number of anilines is 1. The molecule has 140 valence electrons. The van der Waals surface area contributed by atoms with Gasteiger partial charge < -0.3 is 9.64 Å². The fourth-order valence-corrected chi connectivity index (χ4v) is 3.56. The summed E-state index contributed by atoms with van der Waals surface area (Å²) < 4.78 is 5.49. The van der Waals surface area contributed by atoms with Gasteiger partial charge in [0.2, 0.25) is 0 Å². The molecule has 0 unspecified atom stereocenters. The van der Waals surface area contributed by atoms with Crippen LogP contribution in [0.4, 0.5) is 5.69 Å². The Balaban J connectivity index is 0.00000121. The zero-order valence-corrected chi connectivity index (χ0v) is 16.6. The Kier molecular flexibility index (Phi) is 6.87. The monoisotopic (exact) mass is 394 g/mol. The predicted octanol–water partition coefficient (Wildman–Crippen LogP) is 4.39. The van der Waals surface area contributed by atoms with Crippen LogP contribution in [0.5, 0.6) is 0 Å². The van der Waals surface area contributed by atoms with Gasteiger partial charge in [-0.05, 0) is 43.5 Å². The molecular formula is C19H24Cl2N4O. The van der Waals surface area contributed by atoms with Gasteiger partial charge in [-0.1, -0.05) is 6.07 Å². The SMILES string of the molecule is COC1CCN(c2ccnc3ccc(-c4c[nH]nc4C)cc23)CC1.Cl.Cl.